The molecule has 1 fully saturated rings. The third kappa shape index (κ3) is 3.41. The van der Waals surface area contributed by atoms with Crippen molar-refractivity contribution >= 4 is 5.69 Å². The maximum absolute atomic E-state index is 3.98. The molecule has 0 amide bonds. The van der Waals surface area contributed by atoms with Gasteiger partial charge in [0.15, 0.2) is 0 Å². The molecule has 2 aromatic rings. The summed E-state index contributed by atoms with van der Waals surface area (Å²) in [5, 5.41) is 10.5. The van der Waals surface area contributed by atoms with Crippen molar-refractivity contribution in [2.24, 2.45) is 5.92 Å². The fourth-order valence-corrected chi connectivity index (χ4v) is 3.08. The first kappa shape index (κ1) is 13.2. The second kappa shape index (κ2) is 6.60. The van der Waals surface area contributed by atoms with E-state index in [1.807, 2.05) is 6.07 Å². The minimum absolute atomic E-state index is 0.945. The van der Waals surface area contributed by atoms with Crippen LogP contribution in [-0.2, 0) is 0 Å². The third-order valence-corrected chi connectivity index (χ3v) is 4.30. The first-order valence-corrected chi connectivity index (χ1v) is 7.75. The summed E-state index contributed by atoms with van der Waals surface area (Å²) < 4.78 is 0. The topological polar surface area (TPSA) is 40.7 Å². The highest BCUT2D eigenvalue weighted by Gasteiger charge is 2.12. The summed E-state index contributed by atoms with van der Waals surface area (Å²) in [6.45, 7) is 1.09. The second-order valence-corrected chi connectivity index (χ2v) is 5.77. The molecular weight excluding hydrogens is 246 g/mol. The molecule has 1 aliphatic rings. The molecule has 0 radical (unpaired) electrons. The molecule has 0 bridgehead atoms. The SMILES string of the molecule is c1cc(-c2ccc(NCCC3CCCCC3)cc2)[nH]n1. The molecule has 0 unspecified atom stereocenters. The van der Waals surface area contributed by atoms with Crippen molar-refractivity contribution in [3.8, 4) is 11.3 Å². The van der Waals surface area contributed by atoms with Crippen LogP contribution in [0.5, 0.6) is 0 Å². The highest BCUT2D eigenvalue weighted by molar-refractivity contribution is 5.62. The third-order valence-electron chi connectivity index (χ3n) is 4.30. The van der Waals surface area contributed by atoms with Gasteiger partial charge in [0, 0.05) is 18.4 Å². The number of benzene rings is 1. The Labute approximate surface area is 120 Å². The molecule has 0 atom stereocenters. The van der Waals surface area contributed by atoms with Crippen LogP contribution in [0.3, 0.4) is 0 Å². The first-order chi connectivity index (χ1) is 9.92. The number of anilines is 1. The zero-order valence-corrected chi connectivity index (χ0v) is 11.9. The predicted octanol–water partition coefficient (Wildman–Crippen LogP) is 4.46. The number of aromatic nitrogens is 2. The lowest BCUT2D eigenvalue weighted by molar-refractivity contribution is 0.345. The molecule has 2 N–H and O–H groups in total. The van der Waals surface area contributed by atoms with E-state index in [1.165, 1.54) is 49.8 Å². The van der Waals surface area contributed by atoms with Crippen LogP contribution < -0.4 is 5.32 Å². The van der Waals surface area contributed by atoms with Gasteiger partial charge in [-0.1, -0.05) is 44.2 Å². The molecule has 1 aromatic carbocycles. The Balaban J connectivity index is 1.48. The summed E-state index contributed by atoms with van der Waals surface area (Å²) in [4.78, 5) is 0. The van der Waals surface area contributed by atoms with E-state index in [0.29, 0.717) is 0 Å². The van der Waals surface area contributed by atoms with E-state index in [1.54, 1.807) is 6.20 Å². The summed E-state index contributed by atoms with van der Waals surface area (Å²) in [5.41, 5.74) is 3.46. The number of hydrogen-bond acceptors (Lipinski definition) is 2. The van der Waals surface area contributed by atoms with Gasteiger partial charge in [0.25, 0.3) is 0 Å². The molecule has 0 spiro atoms. The number of hydrogen-bond donors (Lipinski definition) is 2. The average molecular weight is 269 g/mol. The summed E-state index contributed by atoms with van der Waals surface area (Å²) in [5.74, 6) is 0.945. The molecule has 1 aromatic heterocycles. The number of aromatic amines is 1. The van der Waals surface area contributed by atoms with Gasteiger partial charge in [-0.2, -0.15) is 5.10 Å². The summed E-state index contributed by atoms with van der Waals surface area (Å²) in [7, 11) is 0. The van der Waals surface area contributed by atoms with Gasteiger partial charge < -0.3 is 5.32 Å². The van der Waals surface area contributed by atoms with Crippen molar-refractivity contribution < 1.29 is 0 Å². The van der Waals surface area contributed by atoms with Gasteiger partial charge in [-0.05, 0) is 36.1 Å². The van der Waals surface area contributed by atoms with E-state index in [0.717, 1.165) is 18.2 Å². The first-order valence-electron chi connectivity index (χ1n) is 7.75. The monoisotopic (exact) mass is 269 g/mol. The Bertz CT molecular complexity index is 496. The van der Waals surface area contributed by atoms with E-state index in [4.69, 9.17) is 0 Å². The van der Waals surface area contributed by atoms with E-state index in [9.17, 15) is 0 Å². The number of H-pyrrole nitrogens is 1. The highest BCUT2D eigenvalue weighted by atomic mass is 15.1. The van der Waals surface area contributed by atoms with Crippen LogP contribution >= 0.6 is 0 Å². The smallest absolute Gasteiger partial charge is 0.0650 e. The van der Waals surface area contributed by atoms with Crippen LogP contribution in [0.15, 0.2) is 36.5 Å². The zero-order valence-electron chi connectivity index (χ0n) is 11.9. The van der Waals surface area contributed by atoms with Crippen LogP contribution in [0, 0.1) is 5.92 Å². The molecule has 0 aliphatic heterocycles. The van der Waals surface area contributed by atoms with E-state index < -0.39 is 0 Å². The summed E-state index contributed by atoms with van der Waals surface area (Å²) in [6, 6.07) is 10.6. The van der Waals surface area contributed by atoms with E-state index in [2.05, 4.69) is 39.8 Å². The molecule has 1 aliphatic carbocycles. The van der Waals surface area contributed by atoms with Crippen molar-refractivity contribution in [3.63, 3.8) is 0 Å². The summed E-state index contributed by atoms with van der Waals surface area (Å²) >= 11 is 0. The molecule has 3 heteroatoms. The van der Waals surface area contributed by atoms with Crippen LogP contribution in [0.25, 0.3) is 11.3 Å². The predicted molar refractivity (Wildman–Crippen MR) is 83.7 cm³/mol. The molecular formula is C17H23N3. The van der Waals surface area contributed by atoms with E-state index in [-0.39, 0.29) is 0 Å². The van der Waals surface area contributed by atoms with Crippen LogP contribution in [-0.4, -0.2) is 16.7 Å². The van der Waals surface area contributed by atoms with Gasteiger partial charge >= 0.3 is 0 Å². The van der Waals surface area contributed by atoms with Crippen LogP contribution in [0.2, 0.25) is 0 Å². The van der Waals surface area contributed by atoms with Crippen LogP contribution in [0.1, 0.15) is 38.5 Å². The molecule has 0 saturated heterocycles. The van der Waals surface area contributed by atoms with Gasteiger partial charge in [0.05, 0.1) is 5.69 Å². The molecule has 1 heterocycles. The second-order valence-electron chi connectivity index (χ2n) is 5.77. The van der Waals surface area contributed by atoms with Crippen LogP contribution in [0.4, 0.5) is 5.69 Å². The highest BCUT2D eigenvalue weighted by Crippen LogP contribution is 2.26. The fraction of sp³-hybridized carbons (Fsp3) is 0.471. The van der Waals surface area contributed by atoms with Crippen molar-refractivity contribution in [1.82, 2.24) is 10.2 Å². The van der Waals surface area contributed by atoms with Crippen molar-refractivity contribution in [2.75, 3.05) is 11.9 Å². The Morgan fingerprint density at radius 1 is 1.05 bits per heavy atom. The fourth-order valence-electron chi connectivity index (χ4n) is 3.08. The Morgan fingerprint density at radius 3 is 2.55 bits per heavy atom. The van der Waals surface area contributed by atoms with Gasteiger partial charge in [-0.15, -0.1) is 0 Å². The van der Waals surface area contributed by atoms with Gasteiger partial charge in [0.2, 0.25) is 0 Å². The van der Waals surface area contributed by atoms with Crippen molar-refractivity contribution in [1.29, 1.82) is 0 Å². The van der Waals surface area contributed by atoms with Gasteiger partial charge in [-0.3, -0.25) is 5.10 Å². The molecule has 3 nitrogen and oxygen atoms in total. The lowest BCUT2D eigenvalue weighted by atomic mass is 9.87. The lowest BCUT2D eigenvalue weighted by Crippen LogP contribution is -2.12. The number of rotatable bonds is 5. The van der Waals surface area contributed by atoms with Crippen molar-refractivity contribution in [2.45, 2.75) is 38.5 Å². The average Bonchev–Trinajstić information content (AvgIpc) is 3.03. The maximum Gasteiger partial charge on any atom is 0.0650 e. The minimum Gasteiger partial charge on any atom is -0.385 e. The normalized spacial score (nSPS) is 16.2. The minimum atomic E-state index is 0.945. The quantitative estimate of drug-likeness (QED) is 0.841. The number of nitrogens with zero attached hydrogens (tertiary/aromatic N) is 1. The van der Waals surface area contributed by atoms with Gasteiger partial charge in [-0.25, -0.2) is 0 Å². The molecule has 1 saturated carbocycles. The molecule has 20 heavy (non-hydrogen) atoms. The zero-order chi connectivity index (χ0) is 13.6. The Hall–Kier alpha value is -1.77. The lowest BCUT2D eigenvalue weighted by Gasteiger charge is -2.21. The molecule has 3 rings (SSSR count). The van der Waals surface area contributed by atoms with Crippen molar-refractivity contribution in [3.05, 3.63) is 36.5 Å². The Morgan fingerprint density at radius 2 is 1.85 bits per heavy atom. The van der Waals surface area contributed by atoms with Gasteiger partial charge in [0.1, 0.15) is 0 Å². The largest absolute Gasteiger partial charge is 0.385 e. The maximum atomic E-state index is 3.98. The standard InChI is InChI=1S/C17H23N3/c1-2-4-14(5-3-1)10-12-18-16-8-6-15(7-9-16)17-11-13-19-20-17/h6-9,11,13-14,18H,1-5,10,12H2,(H,19,20). The summed E-state index contributed by atoms with van der Waals surface area (Å²) in [6.07, 6.45) is 10.3. The Kier molecular flexibility index (Phi) is 4.36. The molecule has 106 valence electrons. The van der Waals surface area contributed by atoms with E-state index >= 15 is 0 Å². The number of nitrogens with one attached hydrogen (secondary N) is 2.